The molecule has 0 radical (unpaired) electrons. The second-order valence-corrected chi connectivity index (χ2v) is 7.42. The lowest BCUT2D eigenvalue weighted by Gasteiger charge is -2.26. The first-order valence-corrected chi connectivity index (χ1v) is 8.34. The Labute approximate surface area is 144 Å². The Bertz CT molecular complexity index is 727. The molecule has 128 valence electrons. The lowest BCUT2D eigenvalue weighted by Crippen LogP contribution is -2.45. The number of nitriles is 1. The fourth-order valence-corrected chi connectivity index (χ4v) is 3.41. The highest BCUT2D eigenvalue weighted by Crippen LogP contribution is 2.32. The van der Waals surface area contributed by atoms with E-state index in [9.17, 15) is 14.4 Å². The number of carbonyl (C=O) groups is 3. The largest absolute Gasteiger partial charge is 0.460 e. The van der Waals surface area contributed by atoms with Gasteiger partial charge in [0.1, 0.15) is 22.6 Å². The second kappa shape index (κ2) is 6.61. The van der Waals surface area contributed by atoms with Gasteiger partial charge in [0.15, 0.2) is 0 Å². The van der Waals surface area contributed by atoms with Gasteiger partial charge in [-0.25, -0.2) is 0 Å². The SMILES string of the molecule is CC(C)(C)OC(=O)CC[C@@H](C(N)=O)N1Cc2c(csc2C#N)C1=O. The highest BCUT2D eigenvalue weighted by Gasteiger charge is 2.38. The molecule has 2 amide bonds. The van der Waals surface area contributed by atoms with Gasteiger partial charge < -0.3 is 15.4 Å². The summed E-state index contributed by atoms with van der Waals surface area (Å²) in [5.41, 5.74) is 5.85. The molecule has 8 heteroatoms. The monoisotopic (exact) mass is 349 g/mol. The topological polar surface area (TPSA) is 113 Å². The standard InChI is InChI=1S/C16H19N3O4S/c1-16(2,3)23-13(20)5-4-11(14(18)21)19-7-9-10(15(19)22)8-24-12(9)6-17/h8,11H,4-5,7H2,1-3H3,(H2,18,21)/t11-/m0/s1. The highest BCUT2D eigenvalue weighted by atomic mass is 32.1. The van der Waals surface area contributed by atoms with Crippen molar-refractivity contribution in [3.05, 3.63) is 21.4 Å². The van der Waals surface area contributed by atoms with Crippen molar-refractivity contribution >= 4 is 29.1 Å². The molecule has 1 aromatic rings. The van der Waals surface area contributed by atoms with Crippen LogP contribution in [0, 0.1) is 11.3 Å². The number of nitrogens with two attached hydrogens (primary N) is 1. The van der Waals surface area contributed by atoms with Gasteiger partial charge in [-0.3, -0.25) is 14.4 Å². The Morgan fingerprint density at radius 3 is 2.71 bits per heavy atom. The number of fused-ring (bicyclic) bond motifs is 1. The smallest absolute Gasteiger partial charge is 0.306 e. The predicted molar refractivity (Wildman–Crippen MR) is 87.0 cm³/mol. The number of rotatable bonds is 5. The number of nitrogens with zero attached hydrogens (tertiary/aromatic N) is 2. The summed E-state index contributed by atoms with van der Waals surface area (Å²) in [6.07, 6.45) is 0.0676. The molecule has 0 spiro atoms. The second-order valence-electron chi connectivity index (χ2n) is 6.55. The number of esters is 1. The zero-order valence-electron chi connectivity index (χ0n) is 13.8. The van der Waals surface area contributed by atoms with Crippen LogP contribution in [0.1, 0.15) is 54.4 Å². The van der Waals surface area contributed by atoms with Crippen LogP contribution in [0.15, 0.2) is 5.38 Å². The molecular formula is C16H19N3O4S. The molecule has 0 unspecified atom stereocenters. The molecule has 1 aliphatic heterocycles. The van der Waals surface area contributed by atoms with Gasteiger partial charge in [-0.15, -0.1) is 11.3 Å². The number of thiophene rings is 1. The molecule has 1 aromatic heterocycles. The van der Waals surface area contributed by atoms with Gasteiger partial charge in [0.25, 0.3) is 5.91 Å². The quantitative estimate of drug-likeness (QED) is 0.810. The van der Waals surface area contributed by atoms with E-state index in [1.165, 1.54) is 16.2 Å². The Morgan fingerprint density at radius 1 is 1.50 bits per heavy atom. The molecule has 24 heavy (non-hydrogen) atoms. The minimum atomic E-state index is -0.908. The third kappa shape index (κ3) is 3.74. The maximum atomic E-state index is 12.4. The van der Waals surface area contributed by atoms with E-state index >= 15 is 0 Å². The summed E-state index contributed by atoms with van der Waals surface area (Å²) in [5.74, 6) is -1.47. The molecule has 0 aromatic carbocycles. The zero-order valence-corrected chi connectivity index (χ0v) is 14.6. The summed E-state index contributed by atoms with van der Waals surface area (Å²) >= 11 is 1.20. The van der Waals surface area contributed by atoms with Crippen LogP contribution in [-0.2, 0) is 20.9 Å². The van der Waals surface area contributed by atoms with Crippen molar-refractivity contribution in [1.82, 2.24) is 4.90 Å². The van der Waals surface area contributed by atoms with Crippen LogP contribution in [0.2, 0.25) is 0 Å². The van der Waals surface area contributed by atoms with Crippen molar-refractivity contribution in [3.8, 4) is 6.07 Å². The van der Waals surface area contributed by atoms with Crippen LogP contribution < -0.4 is 5.73 Å². The van der Waals surface area contributed by atoms with Crippen LogP contribution in [0.3, 0.4) is 0 Å². The Morgan fingerprint density at radius 2 is 2.17 bits per heavy atom. The molecule has 2 N–H and O–H groups in total. The molecule has 1 aliphatic rings. The van der Waals surface area contributed by atoms with Gasteiger partial charge in [-0.05, 0) is 27.2 Å². The average molecular weight is 349 g/mol. The molecule has 1 atom stereocenters. The maximum Gasteiger partial charge on any atom is 0.306 e. The molecular weight excluding hydrogens is 330 g/mol. The molecule has 0 saturated heterocycles. The first-order chi connectivity index (χ1) is 11.1. The van der Waals surface area contributed by atoms with E-state index in [0.29, 0.717) is 16.0 Å². The molecule has 0 fully saturated rings. The fourth-order valence-electron chi connectivity index (χ4n) is 2.56. The number of hydrogen-bond donors (Lipinski definition) is 1. The van der Waals surface area contributed by atoms with E-state index < -0.39 is 23.5 Å². The van der Waals surface area contributed by atoms with E-state index in [-0.39, 0.29) is 25.3 Å². The van der Waals surface area contributed by atoms with Crippen molar-refractivity contribution in [3.63, 3.8) is 0 Å². The number of primary amides is 1. The van der Waals surface area contributed by atoms with Crippen LogP contribution in [0.4, 0.5) is 0 Å². The van der Waals surface area contributed by atoms with E-state index in [1.54, 1.807) is 26.2 Å². The van der Waals surface area contributed by atoms with Gasteiger partial charge in [-0.2, -0.15) is 5.26 Å². The highest BCUT2D eigenvalue weighted by molar-refractivity contribution is 7.11. The number of amides is 2. The van der Waals surface area contributed by atoms with Crippen molar-refractivity contribution in [2.75, 3.05) is 0 Å². The van der Waals surface area contributed by atoms with Gasteiger partial charge >= 0.3 is 5.97 Å². The van der Waals surface area contributed by atoms with Crippen LogP contribution >= 0.6 is 11.3 Å². The lowest BCUT2D eigenvalue weighted by atomic mass is 10.1. The van der Waals surface area contributed by atoms with Gasteiger partial charge in [0.2, 0.25) is 5.91 Å². The van der Waals surface area contributed by atoms with Crippen LogP contribution in [0.5, 0.6) is 0 Å². The maximum absolute atomic E-state index is 12.4. The summed E-state index contributed by atoms with van der Waals surface area (Å²) in [6, 6.07) is 1.13. The molecule has 2 rings (SSSR count). The van der Waals surface area contributed by atoms with Crippen LogP contribution in [0.25, 0.3) is 0 Å². The predicted octanol–water partition coefficient (Wildman–Crippen LogP) is 1.55. The Balaban J connectivity index is 2.09. The molecule has 7 nitrogen and oxygen atoms in total. The van der Waals surface area contributed by atoms with E-state index in [1.807, 2.05) is 6.07 Å². The Kier molecular flexibility index (Phi) is 4.94. The summed E-state index contributed by atoms with van der Waals surface area (Å²) < 4.78 is 5.20. The zero-order chi connectivity index (χ0) is 18.1. The van der Waals surface area contributed by atoms with Gasteiger partial charge in [0, 0.05) is 23.9 Å². The van der Waals surface area contributed by atoms with Crippen molar-refractivity contribution in [2.45, 2.75) is 51.8 Å². The summed E-state index contributed by atoms with van der Waals surface area (Å²) in [4.78, 5) is 37.8. The minimum Gasteiger partial charge on any atom is -0.460 e. The third-order valence-corrected chi connectivity index (χ3v) is 4.49. The lowest BCUT2D eigenvalue weighted by molar-refractivity contribution is -0.155. The van der Waals surface area contributed by atoms with Crippen molar-refractivity contribution in [1.29, 1.82) is 5.26 Å². The molecule has 0 saturated carbocycles. The summed E-state index contributed by atoms with van der Waals surface area (Å²) in [6.45, 7) is 5.41. The fraction of sp³-hybridized carbons (Fsp3) is 0.500. The van der Waals surface area contributed by atoms with Gasteiger partial charge in [-0.1, -0.05) is 0 Å². The number of ether oxygens (including phenoxy) is 1. The average Bonchev–Trinajstić information content (AvgIpc) is 2.98. The molecule has 0 bridgehead atoms. The summed E-state index contributed by atoms with van der Waals surface area (Å²) in [5, 5.41) is 10.7. The molecule has 0 aliphatic carbocycles. The molecule has 2 heterocycles. The first kappa shape index (κ1) is 17.9. The third-order valence-electron chi connectivity index (χ3n) is 3.56. The van der Waals surface area contributed by atoms with Crippen molar-refractivity contribution in [2.24, 2.45) is 5.73 Å². The minimum absolute atomic E-state index is 0.0212. The Hall–Kier alpha value is -2.40. The summed E-state index contributed by atoms with van der Waals surface area (Å²) in [7, 11) is 0. The van der Waals surface area contributed by atoms with E-state index in [0.717, 1.165) is 0 Å². The van der Waals surface area contributed by atoms with Crippen molar-refractivity contribution < 1.29 is 19.1 Å². The van der Waals surface area contributed by atoms with E-state index in [4.69, 9.17) is 15.7 Å². The van der Waals surface area contributed by atoms with Gasteiger partial charge in [0.05, 0.1) is 5.56 Å². The van der Waals surface area contributed by atoms with Crippen LogP contribution in [-0.4, -0.2) is 34.3 Å². The first-order valence-electron chi connectivity index (χ1n) is 7.46. The number of hydrogen-bond acceptors (Lipinski definition) is 6. The van der Waals surface area contributed by atoms with E-state index in [2.05, 4.69) is 0 Å². The normalized spacial score (nSPS) is 14.9. The number of carbonyl (C=O) groups excluding carboxylic acids is 3.